The van der Waals surface area contributed by atoms with Gasteiger partial charge in [0.2, 0.25) is 0 Å². The smallest absolute Gasteiger partial charge is 0.0796 e. The molecule has 4 aromatic heterocycles. The third-order valence-electron chi connectivity index (χ3n) is 7.31. The fraction of sp³-hybridized carbons (Fsp3) is 0.0312. The van der Waals surface area contributed by atoms with Crippen molar-refractivity contribution in [2.24, 2.45) is 0 Å². The third-order valence-corrected chi connectivity index (χ3v) is 9.93. The number of nitrogens with zero attached hydrogens (tertiary/aromatic N) is 2. The summed E-state index contributed by atoms with van der Waals surface area (Å²) in [7, 11) is -1.09. The first-order valence-electron chi connectivity index (χ1n) is 12.5. The SMILES string of the molecule is C1=Cc2cc3cc(-[si]4cccc5c4Cc4ccccc4-5)c(cc4nc(cc5ccc(cc1n2)[nH]5)C=C4)[nH]3. The molecule has 37 heavy (non-hydrogen) atoms. The van der Waals surface area contributed by atoms with Crippen molar-refractivity contribution in [1.29, 1.82) is 0 Å². The Morgan fingerprint density at radius 3 is 2.00 bits per heavy atom. The van der Waals surface area contributed by atoms with Crippen LogP contribution < -0.4 is 0 Å². The highest BCUT2D eigenvalue weighted by Crippen LogP contribution is 2.37. The van der Waals surface area contributed by atoms with Crippen LogP contribution in [0.3, 0.4) is 0 Å². The van der Waals surface area contributed by atoms with Crippen molar-refractivity contribution in [3.63, 3.8) is 0 Å². The van der Waals surface area contributed by atoms with Crippen LogP contribution in [0, 0.1) is 0 Å². The maximum Gasteiger partial charge on any atom is 0.0796 e. The van der Waals surface area contributed by atoms with E-state index in [1.807, 2.05) is 0 Å². The third kappa shape index (κ3) is 3.55. The van der Waals surface area contributed by atoms with E-state index in [9.17, 15) is 0 Å². The number of benzene rings is 1. The van der Waals surface area contributed by atoms with Crippen LogP contribution in [-0.4, -0.2) is 28.3 Å². The number of hydrogen-bond donors (Lipinski definition) is 2. The Morgan fingerprint density at radius 2 is 1.24 bits per heavy atom. The maximum atomic E-state index is 4.89. The molecule has 0 spiro atoms. The lowest BCUT2D eigenvalue weighted by Gasteiger charge is -2.07. The van der Waals surface area contributed by atoms with E-state index in [2.05, 4.69) is 119 Å². The summed E-state index contributed by atoms with van der Waals surface area (Å²) in [6.45, 7) is 0. The Hall–Kier alpha value is -4.61. The summed E-state index contributed by atoms with van der Waals surface area (Å²) in [5.41, 5.74) is 14.7. The van der Waals surface area contributed by atoms with E-state index in [1.54, 1.807) is 5.17 Å². The van der Waals surface area contributed by atoms with Gasteiger partial charge < -0.3 is 9.97 Å². The van der Waals surface area contributed by atoms with E-state index in [1.165, 1.54) is 21.9 Å². The van der Waals surface area contributed by atoms with Crippen LogP contribution in [0.1, 0.15) is 33.5 Å². The summed E-state index contributed by atoms with van der Waals surface area (Å²) in [6, 6.07) is 28.3. The maximum absolute atomic E-state index is 4.89. The quantitative estimate of drug-likeness (QED) is 0.238. The Morgan fingerprint density at radius 1 is 0.595 bits per heavy atom. The van der Waals surface area contributed by atoms with Gasteiger partial charge in [-0.15, -0.1) is 0 Å². The van der Waals surface area contributed by atoms with Gasteiger partial charge in [0, 0.05) is 22.1 Å². The van der Waals surface area contributed by atoms with Gasteiger partial charge in [-0.25, -0.2) is 9.97 Å². The molecule has 0 saturated heterocycles. The molecular formula is C32H22N4Si. The van der Waals surface area contributed by atoms with Gasteiger partial charge in [0.1, 0.15) is 0 Å². The minimum absolute atomic E-state index is 0.940. The van der Waals surface area contributed by atoms with Gasteiger partial charge in [-0.3, -0.25) is 0 Å². The van der Waals surface area contributed by atoms with Crippen molar-refractivity contribution in [3.05, 3.63) is 118 Å². The van der Waals surface area contributed by atoms with E-state index >= 15 is 0 Å². The summed E-state index contributed by atoms with van der Waals surface area (Å²) < 4.78 is 0. The van der Waals surface area contributed by atoms with E-state index in [4.69, 9.17) is 9.97 Å². The van der Waals surface area contributed by atoms with Crippen LogP contribution in [0.25, 0.3) is 62.7 Å². The summed E-state index contributed by atoms with van der Waals surface area (Å²) in [5.74, 6) is 0. The van der Waals surface area contributed by atoms with Gasteiger partial charge in [-0.1, -0.05) is 42.1 Å². The first kappa shape index (κ1) is 20.6. The minimum atomic E-state index is -1.09. The largest absolute Gasteiger partial charge is 0.355 e. The number of aromatic nitrogens is 4. The molecule has 0 fully saturated rings. The zero-order chi connectivity index (χ0) is 24.3. The number of aromatic amines is 2. The van der Waals surface area contributed by atoms with Gasteiger partial charge in [-0.05, 0) is 100 Å². The molecule has 6 heterocycles. The number of fused-ring (bicyclic) bond motifs is 11. The van der Waals surface area contributed by atoms with Gasteiger partial charge >= 0.3 is 0 Å². The van der Waals surface area contributed by atoms with Crippen LogP contribution in [0.2, 0.25) is 0 Å². The first-order valence-corrected chi connectivity index (χ1v) is 14.1. The van der Waals surface area contributed by atoms with Crippen LogP contribution in [-0.2, 0) is 6.42 Å². The highest BCUT2D eigenvalue weighted by molar-refractivity contribution is 6.69. The standard InChI is InChI=1S/C32H22N4Si/c1-2-5-28-20(4-1)14-31-29(28)6-3-13-37(31)32-19-27-17-25-10-9-23(34-25)15-21-7-8-22(33-21)16-24-11-12-26(35-24)18-30(32)36-27/h1-13,15-19,33,36H,14H2. The van der Waals surface area contributed by atoms with Crippen LogP contribution in [0.5, 0.6) is 0 Å². The average molecular weight is 491 g/mol. The number of hydrogen-bond acceptors (Lipinski definition) is 2. The van der Waals surface area contributed by atoms with Crippen LogP contribution in [0.4, 0.5) is 0 Å². The minimum Gasteiger partial charge on any atom is -0.355 e. The predicted octanol–water partition coefficient (Wildman–Crippen LogP) is 7.24. The summed E-state index contributed by atoms with van der Waals surface area (Å²) >= 11 is 0. The second-order valence-electron chi connectivity index (χ2n) is 9.75. The lowest BCUT2D eigenvalue weighted by molar-refractivity contribution is 1.30. The number of rotatable bonds is 1. The monoisotopic (exact) mass is 490 g/mol. The summed E-state index contributed by atoms with van der Waals surface area (Å²) in [6.07, 6.45) is 9.34. The zero-order valence-corrected chi connectivity index (χ0v) is 21.0. The molecular weight excluding hydrogens is 468 g/mol. The molecule has 8 rings (SSSR count). The Kier molecular flexibility index (Phi) is 4.42. The molecule has 2 aliphatic heterocycles. The molecule has 0 amide bonds. The van der Waals surface area contributed by atoms with Crippen molar-refractivity contribution in [3.8, 4) is 16.3 Å². The highest BCUT2D eigenvalue weighted by Gasteiger charge is 2.22. The molecule has 8 bridgehead atoms. The molecule has 5 aromatic rings. The van der Waals surface area contributed by atoms with Crippen molar-refractivity contribution in [2.75, 3.05) is 0 Å². The van der Waals surface area contributed by atoms with Gasteiger partial charge in [0.15, 0.2) is 0 Å². The molecule has 0 saturated carbocycles. The van der Waals surface area contributed by atoms with Crippen LogP contribution >= 0.6 is 0 Å². The molecule has 174 valence electrons. The van der Waals surface area contributed by atoms with Crippen molar-refractivity contribution in [1.82, 2.24) is 19.9 Å². The molecule has 4 nitrogen and oxygen atoms in total. The van der Waals surface area contributed by atoms with Crippen LogP contribution in [0.15, 0.2) is 84.5 Å². The molecule has 0 radical (unpaired) electrons. The Bertz CT molecular complexity index is 1970. The molecule has 1 aliphatic carbocycles. The lowest BCUT2D eigenvalue weighted by Crippen LogP contribution is -2.03. The summed E-state index contributed by atoms with van der Waals surface area (Å²) in [4.78, 5) is 16.9. The van der Waals surface area contributed by atoms with E-state index < -0.39 is 8.40 Å². The second kappa shape index (κ2) is 7.95. The molecule has 0 unspecified atom stereocenters. The normalized spacial score (nSPS) is 13.1. The molecule has 1 aromatic carbocycles. The highest BCUT2D eigenvalue weighted by atomic mass is 28.2. The van der Waals surface area contributed by atoms with Gasteiger partial charge in [0.25, 0.3) is 0 Å². The van der Waals surface area contributed by atoms with Crippen molar-refractivity contribution in [2.45, 2.75) is 6.42 Å². The summed E-state index contributed by atoms with van der Waals surface area (Å²) in [5, 5.41) is 2.93. The van der Waals surface area contributed by atoms with E-state index in [-0.39, 0.29) is 0 Å². The fourth-order valence-corrected chi connectivity index (χ4v) is 8.27. The topological polar surface area (TPSA) is 57.4 Å². The fourth-order valence-electron chi connectivity index (χ4n) is 5.65. The molecule has 0 atom stereocenters. The Labute approximate surface area is 215 Å². The Balaban J connectivity index is 1.41. The first-order chi connectivity index (χ1) is 18.2. The van der Waals surface area contributed by atoms with E-state index in [0.717, 1.165) is 51.3 Å². The van der Waals surface area contributed by atoms with Crippen molar-refractivity contribution >= 4 is 54.8 Å². The molecule has 5 heteroatoms. The van der Waals surface area contributed by atoms with Gasteiger partial charge in [0.05, 0.1) is 31.2 Å². The predicted molar refractivity (Wildman–Crippen MR) is 154 cm³/mol. The van der Waals surface area contributed by atoms with E-state index in [0.29, 0.717) is 0 Å². The molecule has 2 N–H and O–H groups in total. The number of H-pyrrole nitrogens is 2. The zero-order valence-electron chi connectivity index (χ0n) is 20.0. The second-order valence-corrected chi connectivity index (χ2v) is 12.1. The lowest BCUT2D eigenvalue weighted by atomic mass is 10.1. The molecule has 3 aliphatic rings. The van der Waals surface area contributed by atoms with Gasteiger partial charge in [-0.2, -0.15) is 0 Å². The van der Waals surface area contributed by atoms with Crippen molar-refractivity contribution < 1.29 is 0 Å². The average Bonchev–Trinajstić information content (AvgIpc) is 3.72. The number of nitrogens with one attached hydrogen (secondary N) is 2.